The zero-order chi connectivity index (χ0) is 32.5. The van der Waals surface area contributed by atoms with Crippen LogP contribution in [0.5, 0.6) is 0 Å². The number of hydrogen-bond acceptors (Lipinski definition) is 1. The first-order valence-corrected chi connectivity index (χ1v) is 17.9. The summed E-state index contributed by atoms with van der Waals surface area (Å²) in [7, 11) is -2.84. The van der Waals surface area contributed by atoms with E-state index in [2.05, 4.69) is 167 Å². The van der Waals surface area contributed by atoms with Gasteiger partial charge in [0.05, 0.1) is 29.2 Å². The Morgan fingerprint density at radius 3 is 1.79 bits per heavy atom. The molecule has 7 aromatic carbocycles. The van der Waals surface area contributed by atoms with Gasteiger partial charge in [0.15, 0.2) is 13.8 Å². The van der Waals surface area contributed by atoms with Crippen LogP contribution in [0.1, 0.15) is 5.56 Å². The average Bonchev–Trinajstić information content (AvgIpc) is 3.50. The number of benzene rings is 7. The minimum atomic E-state index is -2.84. The number of nitriles is 1. The van der Waals surface area contributed by atoms with Gasteiger partial charge in [-0.2, -0.15) is 5.26 Å². The highest BCUT2D eigenvalue weighted by Gasteiger charge is 2.41. The molecule has 48 heavy (non-hydrogen) atoms. The van der Waals surface area contributed by atoms with Crippen molar-refractivity contribution < 1.29 is 0 Å². The van der Waals surface area contributed by atoms with Crippen molar-refractivity contribution in [1.29, 1.82) is 5.26 Å². The molecule has 0 bridgehead atoms. The predicted molar refractivity (Wildman–Crippen MR) is 201 cm³/mol. The molecule has 4 heteroatoms. The Balaban J connectivity index is 1.35. The first-order chi connectivity index (χ1) is 23.7. The van der Waals surface area contributed by atoms with Crippen molar-refractivity contribution in [2.45, 2.75) is 0 Å². The molecule has 8 rings (SSSR count). The van der Waals surface area contributed by atoms with Gasteiger partial charge in [-0.1, -0.05) is 145 Å². The molecule has 0 spiro atoms. The van der Waals surface area contributed by atoms with E-state index in [4.69, 9.17) is 6.57 Å². The Morgan fingerprint density at radius 2 is 1.08 bits per heavy atom. The van der Waals surface area contributed by atoms with Crippen LogP contribution in [-0.4, -0.2) is 12.6 Å². The largest absolute Gasteiger partial charge is 0.309 e. The molecule has 0 aliphatic rings. The number of rotatable bonds is 6. The average molecular weight is 628 g/mol. The third-order valence-electron chi connectivity index (χ3n) is 9.36. The lowest BCUT2D eigenvalue weighted by Gasteiger charge is -2.35. The summed E-state index contributed by atoms with van der Waals surface area (Å²) in [5.41, 5.74) is 6.79. The molecule has 0 aliphatic carbocycles. The normalized spacial score (nSPS) is 11.3. The topological polar surface area (TPSA) is 33.1 Å². The van der Waals surface area contributed by atoms with Gasteiger partial charge in [-0.3, -0.25) is 0 Å². The Bertz CT molecular complexity index is 2500. The molecule has 0 N–H and O–H groups in total. The molecule has 0 radical (unpaired) electrons. The number of fused-ring (bicyclic) bond motifs is 3. The second-order valence-corrected chi connectivity index (χ2v) is 15.8. The highest BCUT2D eigenvalue weighted by molar-refractivity contribution is 7.20. The first kappa shape index (κ1) is 29.0. The fraction of sp³-hybridized carbons (Fsp3) is 0. The van der Waals surface area contributed by atoms with Gasteiger partial charge in [0.2, 0.25) is 0 Å². The van der Waals surface area contributed by atoms with E-state index in [0.29, 0.717) is 11.3 Å². The maximum absolute atomic E-state index is 9.61. The summed E-state index contributed by atoms with van der Waals surface area (Å²) in [6.07, 6.45) is 0. The maximum atomic E-state index is 9.61. The van der Waals surface area contributed by atoms with Crippen LogP contribution < -0.4 is 20.7 Å². The van der Waals surface area contributed by atoms with Gasteiger partial charge >= 0.3 is 0 Å². The zero-order valence-electron chi connectivity index (χ0n) is 26.1. The van der Waals surface area contributed by atoms with Crippen LogP contribution in [0.2, 0.25) is 0 Å². The molecule has 0 amide bonds. The van der Waals surface area contributed by atoms with Gasteiger partial charge in [0, 0.05) is 16.5 Å². The van der Waals surface area contributed by atoms with E-state index in [-0.39, 0.29) is 0 Å². The molecule has 1 heterocycles. The van der Waals surface area contributed by atoms with E-state index in [1.165, 1.54) is 20.7 Å². The Labute approximate surface area is 281 Å². The van der Waals surface area contributed by atoms with Crippen LogP contribution in [0.25, 0.3) is 43.5 Å². The predicted octanol–water partition coefficient (Wildman–Crippen LogP) is 8.25. The molecule has 224 valence electrons. The third kappa shape index (κ3) is 4.72. The Morgan fingerprint density at radius 1 is 0.500 bits per heavy atom. The van der Waals surface area contributed by atoms with Crippen molar-refractivity contribution >= 4 is 56.3 Å². The van der Waals surface area contributed by atoms with Gasteiger partial charge in [-0.05, 0) is 63.1 Å². The quantitative estimate of drug-likeness (QED) is 0.104. The number of nitrogens with zero attached hydrogens (tertiary/aromatic N) is 3. The molecule has 0 unspecified atom stereocenters. The molecule has 0 fully saturated rings. The summed E-state index contributed by atoms with van der Waals surface area (Å²) in [5, 5.41) is 16.8. The summed E-state index contributed by atoms with van der Waals surface area (Å²) < 4.78 is 2.29. The van der Waals surface area contributed by atoms with Crippen molar-refractivity contribution in [3.05, 3.63) is 193 Å². The van der Waals surface area contributed by atoms with Crippen molar-refractivity contribution in [2.75, 3.05) is 0 Å². The molecule has 0 saturated carbocycles. The fourth-order valence-electron chi connectivity index (χ4n) is 7.26. The lowest BCUT2D eigenvalue weighted by molar-refractivity contribution is 1.18. The van der Waals surface area contributed by atoms with E-state index in [0.717, 1.165) is 38.6 Å². The smallest absolute Gasteiger partial charge is 0.187 e. The van der Waals surface area contributed by atoms with Crippen molar-refractivity contribution in [3.63, 3.8) is 0 Å². The van der Waals surface area contributed by atoms with Gasteiger partial charge in [-0.25, -0.2) is 4.85 Å². The van der Waals surface area contributed by atoms with Crippen LogP contribution in [0.15, 0.2) is 176 Å². The van der Waals surface area contributed by atoms with Gasteiger partial charge in [0.1, 0.15) is 0 Å². The van der Waals surface area contributed by atoms with Crippen LogP contribution in [0.4, 0.5) is 5.69 Å². The van der Waals surface area contributed by atoms with E-state index in [9.17, 15) is 5.26 Å². The van der Waals surface area contributed by atoms with Gasteiger partial charge < -0.3 is 4.57 Å². The molecular formula is C44H29N3Si. The Kier molecular flexibility index (Phi) is 7.27. The van der Waals surface area contributed by atoms with Crippen molar-refractivity contribution in [1.82, 2.24) is 4.57 Å². The van der Waals surface area contributed by atoms with Gasteiger partial charge in [0.25, 0.3) is 0 Å². The SMILES string of the molecule is [C-]#[N+]c1cccc([Si](c2ccccc2)(c2ccccc2)c2cccc(-c3cccc(-n4c5ccccc5c5cc(C#N)ccc54)c3)c2)c1. The third-order valence-corrected chi connectivity index (χ3v) is 14.1. The fourth-order valence-corrected chi connectivity index (χ4v) is 12.1. The summed E-state index contributed by atoms with van der Waals surface area (Å²) in [4.78, 5) is 3.83. The standard InChI is InChI=1S/C44H29N3Si/c1-46-35-15-12-22-40(30-35)48(37-17-4-2-5-18-37,38-19-6-3-7-20-38)39-21-11-14-34(29-39)33-13-10-16-36(28-33)47-43-24-9-8-23-41(43)42-27-32(31-45)25-26-44(42)47/h2-30H. The lowest BCUT2D eigenvalue weighted by atomic mass is 10.1. The summed E-state index contributed by atoms with van der Waals surface area (Å²) in [6, 6.07) is 64.2. The lowest BCUT2D eigenvalue weighted by Crippen LogP contribution is -2.74. The monoisotopic (exact) mass is 627 g/mol. The van der Waals surface area contributed by atoms with Gasteiger partial charge in [-0.15, -0.1) is 0 Å². The van der Waals surface area contributed by atoms with E-state index in [1.54, 1.807) is 0 Å². The molecule has 1 aromatic heterocycles. The van der Waals surface area contributed by atoms with E-state index >= 15 is 0 Å². The highest BCUT2D eigenvalue weighted by Crippen LogP contribution is 2.34. The van der Waals surface area contributed by atoms with Crippen LogP contribution in [0, 0.1) is 17.9 Å². The molecule has 3 nitrogen and oxygen atoms in total. The summed E-state index contributed by atoms with van der Waals surface area (Å²) in [6.45, 7) is 7.83. The molecule has 0 atom stereocenters. The second-order valence-electron chi connectivity index (χ2n) is 12.0. The minimum Gasteiger partial charge on any atom is -0.309 e. The molecule has 0 saturated heterocycles. The van der Waals surface area contributed by atoms with Crippen LogP contribution in [0.3, 0.4) is 0 Å². The van der Waals surface area contributed by atoms with Crippen LogP contribution >= 0.6 is 0 Å². The van der Waals surface area contributed by atoms with Crippen molar-refractivity contribution in [3.8, 4) is 22.9 Å². The zero-order valence-corrected chi connectivity index (χ0v) is 27.1. The summed E-state index contributed by atoms with van der Waals surface area (Å²) in [5.74, 6) is 0. The van der Waals surface area contributed by atoms with Crippen molar-refractivity contribution in [2.24, 2.45) is 0 Å². The molecule has 8 aromatic rings. The molecule has 0 aliphatic heterocycles. The minimum absolute atomic E-state index is 0.646. The first-order valence-electron chi connectivity index (χ1n) is 15.9. The molecular weight excluding hydrogens is 599 g/mol. The van der Waals surface area contributed by atoms with E-state index in [1.807, 2.05) is 24.3 Å². The Hall–Kier alpha value is -6.46. The number of aromatic nitrogens is 1. The number of para-hydroxylation sites is 1. The van der Waals surface area contributed by atoms with Crippen LogP contribution in [-0.2, 0) is 0 Å². The maximum Gasteiger partial charge on any atom is 0.187 e. The highest BCUT2D eigenvalue weighted by atomic mass is 28.3. The number of hydrogen-bond donors (Lipinski definition) is 0. The second kappa shape index (κ2) is 12.0. The van der Waals surface area contributed by atoms with E-state index < -0.39 is 8.07 Å². The summed E-state index contributed by atoms with van der Waals surface area (Å²) >= 11 is 0.